The first-order chi connectivity index (χ1) is 12.5. The van der Waals surface area contributed by atoms with E-state index in [4.69, 9.17) is 0 Å². The van der Waals surface area contributed by atoms with E-state index in [-0.39, 0.29) is 17.5 Å². The third-order valence-corrected chi connectivity index (χ3v) is 5.22. The average molecular weight is 351 g/mol. The fourth-order valence-electron chi connectivity index (χ4n) is 3.84. The summed E-state index contributed by atoms with van der Waals surface area (Å²) in [6.45, 7) is 4.95. The molecule has 1 atom stereocenters. The van der Waals surface area contributed by atoms with Crippen molar-refractivity contribution >= 4 is 11.9 Å². The van der Waals surface area contributed by atoms with Gasteiger partial charge in [0.15, 0.2) is 0 Å². The number of carbonyl (C=O) groups excluding carboxylic acids is 1. The zero-order chi connectivity index (χ0) is 18.7. The van der Waals surface area contributed by atoms with Crippen LogP contribution in [-0.4, -0.2) is 28.4 Å². The minimum absolute atomic E-state index is 0.105. The Morgan fingerprint density at radius 2 is 1.92 bits per heavy atom. The van der Waals surface area contributed by atoms with E-state index in [1.165, 1.54) is 16.7 Å². The zero-order valence-electron chi connectivity index (χ0n) is 15.4. The Balaban J connectivity index is 1.73. The maximum atomic E-state index is 12.9. The Labute approximate surface area is 154 Å². The van der Waals surface area contributed by atoms with Crippen molar-refractivity contribution in [3.05, 3.63) is 70.3 Å². The number of rotatable bonds is 5. The highest BCUT2D eigenvalue weighted by molar-refractivity contribution is 5.89. The van der Waals surface area contributed by atoms with Crippen LogP contribution in [0.3, 0.4) is 0 Å². The van der Waals surface area contributed by atoms with Crippen molar-refractivity contribution in [1.29, 1.82) is 0 Å². The molecule has 136 valence electrons. The van der Waals surface area contributed by atoms with Crippen LogP contribution in [0.5, 0.6) is 0 Å². The van der Waals surface area contributed by atoms with Crippen LogP contribution in [0.25, 0.3) is 0 Å². The molecule has 1 heterocycles. The molecule has 0 aromatic heterocycles. The van der Waals surface area contributed by atoms with Gasteiger partial charge >= 0.3 is 5.97 Å². The molecule has 2 aromatic rings. The van der Waals surface area contributed by atoms with Crippen molar-refractivity contribution in [3.8, 4) is 0 Å². The quantitative estimate of drug-likeness (QED) is 0.874. The van der Waals surface area contributed by atoms with Gasteiger partial charge in [0.25, 0.3) is 0 Å². The van der Waals surface area contributed by atoms with Gasteiger partial charge in [0.2, 0.25) is 5.91 Å². The Morgan fingerprint density at radius 3 is 2.69 bits per heavy atom. The number of benzene rings is 2. The smallest absolute Gasteiger partial charge is 0.335 e. The fraction of sp³-hybridized carbons (Fsp3) is 0.364. The first kappa shape index (κ1) is 18.2. The molecule has 1 saturated heterocycles. The molecule has 0 bridgehead atoms. The largest absolute Gasteiger partial charge is 0.478 e. The van der Waals surface area contributed by atoms with Gasteiger partial charge in [-0.2, -0.15) is 0 Å². The number of aromatic carboxylic acids is 1. The molecular formula is C22H25NO3. The third-order valence-electron chi connectivity index (χ3n) is 5.22. The van der Waals surface area contributed by atoms with Gasteiger partial charge in [0.05, 0.1) is 11.6 Å². The summed E-state index contributed by atoms with van der Waals surface area (Å²) in [6, 6.07) is 13.5. The number of nitrogens with zero attached hydrogens (tertiary/aromatic N) is 1. The normalized spacial score (nSPS) is 16.7. The molecule has 0 saturated carbocycles. The van der Waals surface area contributed by atoms with E-state index < -0.39 is 5.97 Å². The van der Waals surface area contributed by atoms with Gasteiger partial charge in [-0.1, -0.05) is 42.0 Å². The highest BCUT2D eigenvalue weighted by Gasteiger charge is 2.30. The highest BCUT2D eigenvalue weighted by Crippen LogP contribution is 2.34. The van der Waals surface area contributed by atoms with Gasteiger partial charge in [-0.3, -0.25) is 4.79 Å². The monoisotopic (exact) mass is 351 g/mol. The van der Waals surface area contributed by atoms with E-state index in [0.29, 0.717) is 12.8 Å². The predicted molar refractivity (Wildman–Crippen MR) is 101 cm³/mol. The van der Waals surface area contributed by atoms with Crippen LogP contribution in [0.4, 0.5) is 0 Å². The molecule has 1 amide bonds. The molecule has 1 fully saturated rings. The summed E-state index contributed by atoms with van der Waals surface area (Å²) >= 11 is 0. The number of carbonyl (C=O) groups is 2. The Bertz CT molecular complexity index is 828. The van der Waals surface area contributed by atoms with E-state index in [1.54, 1.807) is 18.2 Å². The van der Waals surface area contributed by atoms with Gasteiger partial charge in [-0.25, -0.2) is 4.79 Å². The van der Waals surface area contributed by atoms with Gasteiger partial charge in [-0.05, 0) is 55.9 Å². The van der Waals surface area contributed by atoms with Crippen molar-refractivity contribution in [2.75, 3.05) is 6.54 Å². The Hall–Kier alpha value is -2.62. The lowest BCUT2D eigenvalue weighted by Crippen LogP contribution is -2.31. The fourth-order valence-corrected chi connectivity index (χ4v) is 3.84. The van der Waals surface area contributed by atoms with Crippen LogP contribution in [0, 0.1) is 13.8 Å². The molecular weight excluding hydrogens is 326 g/mol. The maximum Gasteiger partial charge on any atom is 0.335 e. The van der Waals surface area contributed by atoms with Crippen LogP contribution < -0.4 is 0 Å². The molecule has 1 aliphatic heterocycles. The predicted octanol–water partition coefficient (Wildman–Crippen LogP) is 4.30. The third kappa shape index (κ3) is 3.79. The summed E-state index contributed by atoms with van der Waals surface area (Å²) in [6.07, 6.45) is 2.79. The summed E-state index contributed by atoms with van der Waals surface area (Å²) in [5.74, 6) is -0.837. The first-order valence-electron chi connectivity index (χ1n) is 9.15. The SMILES string of the molecule is Cc1ccc(C)c(C2CCCN2C(=O)CCc2ccccc2C(=O)O)c1. The molecule has 26 heavy (non-hydrogen) atoms. The van der Waals surface area contributed by atoms with Gasteiger partial charge in [-0.15, -0.1) is 0 Å². The molecule has 4 heteroatoms. The molecule has 0 spiro atoms. The van der Waals surface area contributed by atoms with Crippen molar-refractivity contribution in [2.24, 2.45) is 0 Å². The van der Waals surface area contributed by atoms with Crippen LogP contribution in [0.1, 0.15) is 57.9 Å². The second-order valence-electron chi connectivity index (χ2n) is 7.07. The van der Waals surface area contributed by atoms with E-state index >= 15 is 0 Å². The minimum Gasteiger partial charge on any atom is -0.478 e. The van der Waals surface area contributed by atoms with Gasteiger partial charge < -0.3 is 10.0 Å². The van der Waals surface area contributed by atoms with E-state index in [9.17, 15) is 14.7 Å². The van der Waals surface area contributed by atoms with Crippen LogP contribution in [0.2, 0.25) is 0 Å². The van der Waals surface area contributed by atoms with E-state index in [0.717, 1.165) is 24.9 Å². The topological polar surface area (TPSA) is 57.6 Å². The lowest BCUT2D eigenvalue weighted by atomic mass is 9.96. The lowest BCUT2D eigenvalue weighted by molar-refractivity contribution is -0.132. The Kier molecular flexibility index (Phi) is 5.40. The molecule has 3 rings (SSSR count). The standard InChI is InChI=1S/C22H25NO3/c1-15-9-10-16(2)19(14-15)20-8-5-13-23(20)21(24)12-11-17-6-3-4-7-18(17)22(25)26/h3-4,6-7,9-10,14,20H,5,8,11-13H2,1-2H3,(H,25,26). The average Bonchev–Trinajstić information content (AvgIpc) is 3.11. The number of carboxylic acid groups (broad SMARTS) is 1. The lowest BCUT2D eigenvalue weighted by Gasteiger charge is -2.27. The molecule has 2 aromatic carbocycles. The highest BCUT2D eigenvalue weighted by atomic mass is 16.4. The van der Waals surface area contributed by atoms with Gasteiger partial charge in [0.1, 0.15) is 0 Å². The molecule has 1 unspecified atom stereocenters. The maximum absolute atomic E-state index is 12.9. The molecule has 0 aliphatic carbocycles. The van der Waals surface area contributed by atoms with Crippen molar-refractivity contribution < 1.29 is 14.7 Å². The molecule has 4 nitrogen and oxygen atoms in total. The summed E-state index contributed by atoms with van der Waals surface area (Å²) in [4.78, 5) is 26.2. The summed E-state index contributed by atoms with van der Waals surface area (Å²) in [5.41, 5.74) is 4.67. The summed E-state index contributed by atoms with van der Waals surface area (Å²) < 4.78 is 0. The summed E-state index contributed by atoms with van der Waals surface area (Å²) in [5, 5.41) is 9.29. The van der Waals surface area contributed by atoms with Crippen molar-refractivity contribution in [2.45, 2.75) is 45.6 Å². The first-order valence-corrected chi connectivity index (χ1v) is 9.15. The van der Waals surface area contributed by atoms with E-state index in [2.05, 4.69) is 32.0 Å². The number of aryl methyl sites for hydroxylation is 3. The number of likely N-dealkylation sites (tertiary alicyclic amines) is 1. The molecule has 0 radical (unpaired) electrons. The number of hydrogen-bond acceptors (Lipinski definition) is 2. The van der Waals surface area contributed by atoms with Crippen molar-refractivity contribution in [1.82, 2.24) is 4.90 Å². The Morgan fingerprint density at radius 1 is 1.15 bits per heavy atom. The minimum atomic E-state index is -0.942. The van der Waals surface area contributed by atoms with Crippen LogP contribution in [0.15, 0.2) is 42.5 Å². The van der Waals surface area contributed by atoms with Crippen LogP contribution >= 0.6 is 0 Å². The molecule has 1 aliphatic rings. The number of carboxylic acids is 1. The summed E-state index contributed by atoms with van der Waals surface area (Å²) in [7, 11) is 0. The number of hydrogen-bond donors (Lipinski definition) is 1. The second kappa shape index (κ2) is 7.73. The zero-order valence-corrected chi connectivity index (χ0v) is 15.4. The number of amides is 1. The van der Waals surface area contributed by atoms with Crippen LogP contribution in [-0.2, 0) is 11.2 Å². The second-order valence-corrected chi connectivity index (χ2v) is 7.07. The van der Waals surface area contributed by atoms with E-state index in [1.807, 2.05) is 11.0 Å². The van der Waals surface area contributed by atoms with Gasteiger partial charge in [0, 0.05) is 13.0 Å². The molecule has 1 N–H and O–H groups in total. The van der Waals surface area contributed by atoms with Crippen molar-refractivity contribution in [3.63, 3.8) is 0 Å².